The van der Waals surface area contributed by atoms with Crippen LogP contribution in [0.3, 0.4) is 0 Å². The van der Waals surface area contributed by atoms with Crippen LogP contribution in [0.2, 0.25) is 0 Å². The van der Waals surface area contributed by atoms with E-state index in [9.17, 15) is 9.90 Å². The molecule has 1 fully saturated rings. The van der Waals surface area contributed by atoms with Crippen molar-refractivity contribution in [3.05, 3.63) is 26.8 Å². The van der Waals surface area contributed by atoms with Gasteiger partial charge >= 0.3 is 0 Å². The molecule has 0 spiro atoms. The van der Waals surface area contributed by atoms with Crippen LogP contribution in [0.1, 0.15) is 5.82 Å². The number of aromatic nitrogens is 3. The van der Waals surface area contributed by atoms with Gasteiger partial charge in [-0.05, 0) is 22.9 Å². The number of pyridine rings is 1. The highest BCUT2D eigenvalue weighted by molar-refractivity contribution is 9.10. The van der Waals surface area contributed by atoms with Gasteiger partial charge in [-0.1, -0.05) is 0 Å². The molecule has 0 amide bonds. The van der Waals surface area contributed by atoms with Gasteiger partial charge in [-0.2, -0.15) is 4.98 Å². The maximum absolute atomic E-state index is 12.4. The molecule has 1 saturated heterocycles. The van der Waals surface area contributed by atoms with E-state index in [4.69, 9.17) is 4.74 Å². The van der Waals surface area contributed by atoms with Gasteiger partial charge in [0.1, 0.15) is 10.3 Å². The van der Waals surface area contributed by atoms with Crippen LogP contribution in [-0.2, 0) is 4.74 Å². The fraction of sp³-hybridized carbons (Fsp3) is 0.417. The zero-order chi connectivity index (χ0) is 14.3. The molecule has 2 aromatic rings. The second-order valence-electron chi connectivity index (χ2n) is 4.52. The molecule has 0 radical (unpaired) electrons. The van der Waals surface area contributed by atoms with E-state index in [1.165, 1.54) is 4.68 Å². The maximum Gasteiger partial charge on any atom is 0.285 e. The summed E-state index contributed by atoms with van der Waals surface area (Å²) in [4.78, 5) is 20.5. The van der Waals surface area contributed by atoms with Gasteiger partial charge in [0.2, 0.25) is 5.88 Å². The molecule has 1 N–H and O–H groups in total. The summed E-state index contributed by atoms with van der Waals surface area (Å²) in [6.07, 6.45) is 1.57. The first kappa shape index (κ1) is 13.3. The van der Waals surface area contributed by atoms with Crippen LogP contribution < -0.4 is 10.6 Å². The first-order valence-electron chi connectivity index (χ1n) is 6.19. The maximum atomic E-state index is 12.4. The van der Waals surface area contributed by atoms with Crippen LogP contribution in [-0.4, -0.2) is 46.1 Å². The molecular formula is C12H13BrN4O3. The minimum absolute atomic E-state index is 0.129. The van der Waals surface area contributed by atoms with Crippen molar-refractivity contribution in [3.63, 3.8) is 0 Å². The van der Waals surface area contributed by atoms with E-state index < -0.39 is 0 Å². The second kappa shape index (κ2) is 5.02. The van der Waals surface area contributed by atoms with Crippen molar-refractivity contribution >= 4 is 26.8 Å². The molecule has 3 rings (SSSR count). The molecule has 0 aromatic carbocycles. The molecule has 1 aliphatic rings. The first-order valence-corrected chi connectivity index (χ1v) is 6.98. The molecule has 0 aliphatic carbocycles. The smallest absolute Gasteiger partial charge is 0.285 e. The summed E-state index contributed by atoms with van der Waals surface area (Å²) in [5.41, 5.74) is 0.210. The summed E-state index contributed by atoms with van der Waals surface area (Å²) < 4.78 is 7.08. The van der Waals surface area contributed by atoms with Crippen molar-refractivity contribution in [2.45, 2.75) is 6.92 Å². The summed E-state index contributed by atoms with van der Waals surface area (Å²) in [7, 11) is 0. The minimum Gasteiger partial charge on any atom is -0.493 e. The molecule has 2 aromatic heterocycles. The SMILES string of the molecule is Cc1nc(O)c2cn(N3CCOCC3)c(=O)c(Br)c2n1. The van der Waals surface area contributed by atoms with Crippen LogP contribution >= 0.6 is 15.9 Å². The highest BCUT2D eigenvalue weighted by Crippen LogP contribution is 2.24. The summed E-state index contributed by atoms with van der Waals surface area (Å²) in [6.45, 7) is 4.03. The number of fused-ring (bicyclic) bond motifs is 1. The summed E-state index contributed by atoms with van der Waals surface area (Å²) in [5.74, 6) is 0.287. The number of hydrogen-bond donors (Lipinski definition) is 1. The third-order valence-electron chi connectivity index (χ3n) is 3.18. The molecule has 0 atom stereocenters. The Morgan fingerprint density at radius 1 is 1.35 bits per heavy atom. The Balaban J connectivity index is 2.24. The van der Waals surface area contributed by atoms with Gasteiger partial charge in [-0.15, -0.1) is 0 Å². The van der Waals surface area contributed by atoms with Crippen molar-refractivity contribution in [2.24, 2.45) is 0 Å². The predicted molar refractivity (Wildman–Crippen MR) is 76.7 cm³/mol. The lowest BCUT2D eigenvalue weighted by atomic mass is 10.3. The van der Waals surface area contributed by atoms with Crippen LogP contribution in [0.15, 0.2) is 15.5 Å². The Morgan fingerprint density at radius 2 is 2.05 bits per heavy atom. The van der Waals surface area contributed by atoms with Crippen molar-refractivity contribution in [1.29, 1.82) is 0 Å². The highest BCUT2D eigenvalue weighted by Gasteiger charge is 2.18. The Morgan fingerprint density at radius 3 is 2.75 bits per heavy atom. The summed E-state index contributed by atoms with van der Waals surface area (Å²) >= 11 is 3.27. The van der Waals surface area contributed by atoms with Crippen LogP contribution in [0.4, 0.5) is 0 Å². The van der Waals surface area contributed by atoms with Gasteiger partial charge in [-0.25, -0.2) is 9.66 Å². The number of aryl methyl sites for hydroxylation is 1. The van der Waals surface area contributed by atoms with Crippen molar-refractivity contribution < 1.29 is 9.84 Å². The Labute approximate surface area is 122 Å². The summed E-state index contributed by atoms with van der Waals surface area (Å²) in [6, 6.07) is 0. The molecule has 1 aliphatic heterocycles. The second-order valence-corrected chi connectivity index (χ2v) is 5.31. The van der Waals surface area contributed by atoms with Gasteiger partial charge < -0.3 is 14.9 Å². The fourth-order valence-corrected chi connectivity index (χ4v) is 2.70. The van der Waals surface area contributed by atoms with E-state index in [2.05, 4.69) is 25.9 Å². The van der Waals surface area contributed by atoms with Gasteiger partial charge in [0.25, 0.3) is 5.56 Å². The van der Waals surface area contributed by atoms with Crippen LogP contribution in [0.5, 0.6) is 5.88 Å². The predicted octanol–water partition coefficient (Wildman–Crippen LogP) is 0.536. The standard InChI is InChI=1S/C12H13BrN4O3/c1-7-14-10-8(11(18)15-7)6-17(12(19)9(10)13)16-2-4-20-5-3-16/h6H,2-5H2,1H3,(H,14,15,18). The largest absolute Gasteiger partial charge is 0.493 e. The first-order chi connectivity index (χ1) is 9.58. The summed E-state index contributed by atoms with van der Waals surface area (Å²) in [5, 5.41) is 12.3. The third-order valence-corrected chi connectivity index (χ3v) is 3.90. The van der Waals surface area contributed by atoms with Crippen LogP contribution in [0, 0.1) is 6.92 Å². The van der Waals surface area contributed by atoms with E-state index in [0.29, 0.717) is 47.5 Å². The van der Waals surface area contributed by atoms with E-state index in [0.717, 1.165) is 0 Å². The molecule has 0 saturated carbocycles. The Hall–Kier alpha value is -1.67. The number of nitrogens with zero attached hydrogens (tertiary/aromatic N) is 4. The quantitative estimate of drug-likeness (QED) is 0.815. The zero-order valence-corrected chi connectivity index (χ0v) is 12.4. The lowest BCUT2D eigenvalue weighted by Gasteiger charge is -2.30. The number of ether oxygens (including phenoxy) is 1. The van der Waals surface area contributed by atoms with Crippen molar-refractivity contribution in [3.8, 4) is 5.88 Å². The van der Waals surface area contributed by atoms with E-state index >= 15 is 0 Å². The zero-order valence-electron chi connectivity index (χ0n) is 10.8. The van der Waals surface area contributed by atoms with Crippen molar-refractivity contribution in [1.82, 2.24) is 14.6 Å². The molecule has 0 unspecified atom stereocenters. The average Bonchev–Trinajstić information content (AvgIpc) is 2.44. The van der Waals surface area contributed by atoms with E-state index in [-0.39, 0.29) is 11.4 Å². The average molecular weight is 341 g/mol. The fourth-order valence-electron chi connectivity index (χ4n) is 2.21. The van der Waals surface area contributed by atoms with Gasteiger partial charge in [0, 0.05) is 6.20 Å². The lowest BCUT2D eigenvalue weighted by molar-refractivity contribution is 0.110. The third kappa shape index (κ3) is 2.14. The number of rotatable bonds is 1. The number of morpholine rings is 1. The highest BCUT2D eigenvalue weighted by atomic mass is 79.9. The molecule has 8 heteroatoms. The number of aromatic hydroxyl groups is 1. The van der Waals surface area contributed by atoms with Gasteiger partial charge in [0.15, 0.2) is 0 Å². The molecular weight excluding hydrogens is 328 g/mol. The Bertz CT molecular complexity index is 725. The number of hydrogen-bond acceptors (Lipinski definition) is 6. The topological polar surface area (TPSA) is 80.5 Å². The van der Waals surface area contributed by atoms with Crippen molar-refractivity contribution in [2.75, 3.05) is 31.3 Å². The van der Waals surface area contributed by atoms with Crippen LogP contribution in [0.25, 0.3) is 10.9 Å². The van der Waals surface area contributed by atoms with E-state index in [1.54, 1.807) is 13.1 Å². The molecule has 0 bridgehead atoms. The monoisotopic (exact) mass is 340 g/mol. The Kier molecular flexibility index (Phi) is 3.35. The molecule has 20 heavy (non-hydrogen) atoms. The molecule has 7 nitrogen and oxygen atoms in total. The van der Waals surface area contributed by atoms with E-state index in [1.807, 2.05) is 5.01 Å². The molecule has 3 heterocycles. The van der Waals surface area contributed by atoms with Gasteiger partial charge in [-0.3, -0.25) is 4.79 Å². The molecule has 106 valence electrons. The van der Waals surface area contributed by atoms with Gasteiger partial charge in [0.05, 0.1) is 37.2 Å². The lowest BCUT2D eigenvalue weighted by Crippen LogP contribution is -2.48. The minimum atomic E-state index is -0.211. The normalized spacial score (nSPS) is 15.8. The number of halogens is 1.